The Balaban J connectivity index is 3.07. The van der Waals surface area contributed by atoms with Gasteiger partial charge in [-0.1, -0.05) is 13.8 Å². The minimum Gasteiger partial charge on any atom is -0.508 e. The summed E-state index contributed by atoms with van der Waals surface area (Å²) in [4.78, 5) is 11.8. The van der Waals surface area contributed by atoms with Crippen molar-refractivity contribution in [2.45, 2.75) is 39.7 Å². The fourth-order valence-electron chi connectivity index (χ4n) is 1.49. The number of hydrogen-bond acceptors (Lipinski definition) is 3. The average Bonchev–Trinajstić information content (AvgIpc) is 2.16. The maximum absolute atomic E-state index is 11.8. The van der Waals surface area contributed by atoms with Crippen LogP contribution in [0.15, 0.2) is 18.2 Å². The summed E-state index contributed by atoms with van der Waals surface area (Å²) in [5.74, 6) is 0.00492. The lowest BCUT2D eigenvalue weighted by atomic mass is 9.97. The van der Waals surface area contributed by atoms with E-state index in [-0.39, 0.29) is 23.7 Å². The molecule has 0 aliphatic carbocycles. The molecule has 0 atom stereocenters. The number of aromatic hydroxyl groups is 1. The van der Waals surface area contributed by atoms with Crippen LogP contribution in [0.3, 0.4) is 0 Å². The van der Waals surface area contributed by atoms with Crippen LogP contribution in [0.2, 0.25) is 0 Å². The Hall–Kier alpha value is -1.51. The minimum absolute atomic E-state index is 0.138. The first-order chi connectivity index (χ1) is 7.41. The van der Waals surface area contributed by atoms with Gasteiger partial charge in [0, 0.05) is 0 Å². The highest BCUT2D eigenvalue weighted by Crippen LogP contribution is 2.24. The third-order valence-corrected chi connectivity index (χ3v) is 2.22. The fraction of sp³-hybridized carbons (Fsp3) is 0.462. The van der Waals surface area contributed by atoms with Gasteiger partial charge in [-0.2, -0.15) is 0 Å². The van der Waals surface area contributed by atoms with Gasteiger partial charge in [0.15, 0.2) is 0 Å². The van der Waals surface area contributed by atoms with Gasteiger partial charge in [-0.3, -0.25) is 0 Å². The summed E-state index contributed by atoms with van der Waals surface area (Å²) in [6.07, 6.45) is -0.138. The molecule has 1 rings (SSSR count). The summed E-state index contributed by atoms with van der Waals surface area (Å²) in [6.45, 7) is 7.57. The molecule has 0 radical (unpaired) electrons. The van der Waals surface area contributed by atoms with E-state index >= 15 is 0 Å². The van der Waals surface area contributed by atoms with Crippen molar-refractivity contribution in [3.8, 4) is 5.75 Å². The van der Waals surface area contributed by atoms with Crippen LogP contribution < -0.4 is 0 Å². The standard InChI is InChI=1S/C13H18O3/c1-8(2)12-7-10(14)5-6-11(12)13(15)16-9(3)4/h5-9,14H,1-4H3. The first kappa shape index (κ1) is 12.6. The molecule has 0 aromatic heterocycles. The molecule has 0 heterocycles. The van der Waals surface area contributed by atoms with Crippen LogP contribution >= 0.6 is 0 Å². The molecule has 1 aromatic rings. The molecule has 0 unspecified atom stereocenters. The van der Waals surface area contributed by atoms with Crippen LogP contribution in [-0.4, -0.2) is 17.2 Å². The van der Waals surface area contributed by atoms with Crippen LogP contribution in [0.25, 0.3) is 0 Å². The van der Waals surface area contributed by atoms with Crippen molar-refractivity contribution in [3.63, 3.8) is 0 Å². The van der Waals surface area contributed by atoms with E-state index < -0.39 is 0 Å². The third kappa shape index (κ3) is 2.99. The molecule has 0 saturated carbocycles. The maximum atomic E-state index is 11.8. The first-order valence-corrected chi connectivity index (χ1v) is 5.45. The maximum Gasteiger partial charge on any atom is 0.338 e. The second kappa shape index (κ2) is 5.01. The Bertz CT molecular complexity index is 381. The largest absolute Gasteiger partial charge is 0.508 e. The number of phenols is 1. The zero-order valence-corrected chi connectivity index (χ0v) is 10.2. The molecule has 0 amide bonds. The van der Waals surface area contributed by atoms with E-state index in [9.17, 15) is 9.90 Å². The van der Waals surface area contributed by atoms with Gasteiger partial charge in [-0.05, 0) is 43.5 Å². The van der Waals surface area contributed by atoms with E-state index in [0.29, 0.717) is 5.56 Å². The summed E-state index contributed by atoms with van der Waals surface area (Å²) in [6, 6.07) is 4.72. The highest BCUT2D eigenvalue weighted by molar-refractivity contribution is 5.91. The molecule has 16 heavy (non-hydrogen) atoms. The lowest BCUT2D eigenvalue weighted by Crippen LogP contribution is -2.14. The topological polar surface area (TPSA) is 46.5 Å². The van der Waals surface area contributed by atoms with Gasteiger partial charge in [0.05, 0.1) is 11.7 Å². The van der Waals surface area contributed by atoms with Crippen molar-refractivity contribution >= 4 is 5.97 Å². The molecular weight excluding hydrogens is 204 g/mol. The number of benzene rings is 1. The molecular formula is C13H18O3. The van der Waals surface area contributed by atoms with Crippen LogP contribution in [0.4, 0.5) is 0 Å². The van der Waals surface area contributed by atoms with Gasteiger partial charge in [-0.15, -0.1) is 0 Å². The number of hydrogen-bond donors (Lipinski definition) is 1. The Morgan fingerprint density at radius 1 is 1.25 bits per heavy atom. The van der Waals surface area contributed by atoms with E-state index in [4.69, 9.17) is 4.74 Å². The summed E-state index contributed by atoms with van der Waals surface area (Å²) >= 11 is 0. The Morgan fingerprint density at radius 2 is 1.88 bits per heavy atom. The molecule has 0 aliphatic heterocycles. The van der Waals surface area contributed by atoms with Gasteiger partial charge < -0.3 is 9.84 Å². The monoisotopic (exact) mass is 222 g/mol. The number of ether oxygens (including phenoxy) is 1. The summed E-state index contributed by atoms with van der Waals surface area (Å²) in [5, 5.41) is 9.40. The van der Waals surface area contributed by atoms with Crippen LogP contribution in [0, 0.1) is 0 Å². The van der Waals surface area contributed by atoms with E-state index in [0.717, 1.165) is 5.56 Å². The predicted octanol–water partition coefficient (Wildman–Crippen LogP) is 3.08. The van der Waals surface area contributed by atoms with E-state index in [1.807, 2.05) is 27.7 Å². The van der Waals surface area contributed by atoms with Crippen molar-refractivity contribution < 1.29 is 14.6 Å². The fourth-order valence-corrected chi connectivity index (χ4v) is 1.49. The molecule has 1 aromatic carbocycles. The van der Waals surface area contributed by atoms with Gasteiger partial charge in [0.2, 0.25) is 0 Å². The van der Waals surface area contributed by atoms with Gasteiger partial charge in [0.1, 0.15) is 5.75 Å². The van der Waals surface area contributed by atoms with Gasteiger partial charge >= 0.3 is 5.97 Å². The molecule has 0 aliphatic rings. The number of phenolic OH excluding ortho intramolecular Hbond substituents is 1. The van der Waals surface area contributed by atoms with Gasteiger partial charge in [-0.25, -0.2) is 4.79 Å². The zero-order valence-electron chi connectivity index (χ0n) is 10.2. The van der Waals surface area contributed by atoms with E-state index in [2.05, 4.69) is 0 Å². The number of esters is 1. The van der Waals surface area contributed by atoms with E-state index in [1.54, 1.807) is 12.1 Å². The van der Waals surface area contributed by atoms with Crippen molar-refractivity contribution in [1.82, 2.24) is 0 Å². The minimum atomic E-state index is -0.335. The highest BCUT2D eigenvalue weighted by atomic mass is 16.5. The summed E-state index contributed by atoms with van der Waals surface area (Å²) in [7, 11) is 0. The van der Waals surface area contributed by atoms with Crippen molar-refractivity contribution in [1.29, 1.82) is 0 Å². The van der Waals surface area contributed by atoms with Gasteiger partial charge in [0.25, 0.3) is 0 Å². The first-order valence-electron chi connectivity index (χ1n) is 5.45. The average molecular weight is 222 g/mol. The van der Waals surface area contributed by atoms with Crippen molar-refractivity contribution in [2.75, 3.05) is 0 Å². The van der Waals surface area contributed by atoms with Crippen molar-refractivity contribution in [2.24, 2.45) is 0 Å². The lowest BCUT2D eigenvalue weighted by Gasteiger charge is -2.14. The second-order valence-electron chi connectivity index (χ2n) is 4.38. The highest BCUT2D eigenvalue weighted by Gasteiger charge is 2.16. The molecule has 1 N–H and O–H groups in total. The zero-order chi connectivity index (χ0) is 12.3. The van der Waals surface area contributed by atoms with Crippen LogP contribution in [0.5, 0.6) is 5.75 Å². The third-order valence-electron chi connectivity index (χ3n) is 2.22. The molecule has 0 saturated heterocycles. The molecule has 0 fully saturated rings. The normalized spacial score (nSPS) is 10.9. The Labute approximate surface area is 96.1 Å². The number of carbonyl (C=O) groups is 1. The lowest BCUT2D eigenvalue weighted by molar-refractivity contribution is 0.0376. The predicted molar refractivity (Wildman–Crippen MR) is 62.7 cm³/mol. The SMILES string of the molecule is CC(C)OC(=O)c1ccc(O)cc1C(C)C. The summed E-state index contributed by atoms with van der Waals surface area (Å²) in [5.41, 5.74) is 1.34. The molecule has 88 valence electrons. The summed E-state index contributed by atoms with van der Waals surface area (Å²) < 4.78 is 5.15. The molecule has 3 heteroatoms. The Kier molecular flexibility index (Phi) is 3.93. The molecule has 0 bridgehead atoms. The molecule has 0 spiro atoms. The quantitative estimate of drug-likeness (QED) is 0.799. The second-order valence-corrected chi connectivity index (χ2v) is 4.38. The smallest absolute Gasteiger partial charge is 0.338 e. The number of carbonyl (C=O) groups excluding carboxylic acids is 1. The van der Waals surface area contributed by atoms with E-state index in [1.165, 1.54) is 6.07 Å². The Morgan fingerprint density at radius 3 is 2.38 bits per heavy atom. The van der Waals surface area contributed by atoms with Crippen molar-refractivity contribution in [3.05, 3.63) is 29.3 Å². The van der Waals surface area contributed by atoms with Crippen LogP contribution in [0.1, 0.15) is 49.5 Å². The number of rotatable bonds is 3. The van der Waals surface area contributed by atoms with Crippen LogP contribution in [-0.2, 0) is 4.74 Å². The molecule has 3 nitrogen and oxygen atoms in total.